The van der Waals surface area contributed by atoms with Crippen molar-refractivity contribution in [1.29, 1.82) is 0 Å². The lowest BCUT2D eigenvalue weighted by Crippen LogP contribution is -2.22. The molecule has 0 unspecified atom stereocenters. The van der Waals surface area contributed by atoms with Gasteiger partial charge < -0.3 is 5.32 Å². The van der Waals surface area contributed by atoms with Gasteiger partial charge in [0.15, 0.2) is 0 Å². The highest BCUT2D eigenvalue weighted by Gasteiger charge is 2.20. The van der Waals surface area contributed by atoms with Crippen molar-refractivity contribution in [3.05, 3.63) is 0 Å². The Balaban J connectivity index is 1.39. The Bertz CT molecular complexity index is 134. The van der Waals surface area contributed by atoms with Gasteiger partial charge in [-0.3, -0.25) is 0 Å². The highest BCUT2D eigenvalue weighted by atomic mass is 14.9. The van der Waals surface area contributed by atoms with E-state index in [9.17, 15) is 0 Å². The van der Waals surface area contributed by atoms with E-state index in [0.717, 1.165) is 11.8 Å². The van der Waals surface area contributed by atoms with Crippen molar-refractivity contribution in [3.8, 4) is 0 Å². The van der Waals surface area contributed by atoms with Crippen molar-refractivity contribution in [2.24, 2.45) is 11.8 Å². The van der Waals surface area contributed by atoms with Crippen LogP contribution in [0, 0.1) is 11.8 Å². The molecule has 1 N–H and O–H groups in total. The van der Waals surface area contributed by atoms with Gasteiger partial charge in [0.25, 0.3) is 0 Å². The fourth-order valence-corrected chi connectivity index (χ4v) is 2.44. The Kier molecular flexibility index (Phi) is 3.65. The summed E-state index contributed by atoms with van der Waals surface area (Å²) < 4.78 is 0. The molecule has 1 heteroatoms. The van der Waals surface area contributed by atoms with E-state index in [4.69, 9.17) is 0 Å². The molecular formula is C12H23N. The van der Waals surface area contributed by atoms with Crippen molar-refractivity contribution in [2.45, 2.75) is 51.4 Å². The first-order chi connectivity index (χ1) is 6.45. The van der Waals surface area contributed by atoms with E-state index in [2.05, 4.69) is 5.32 Å². The maximum absolute atomic E-state index is 3.61. The fourth-order valence-electron chi connectivity index (χ4n) is 2.44. The van der Waals surface area contributed by atoms with Crippen LogP contribution in [0.5, 0.6) is 0 Å². The second kappa shape index (κ2) is 4.99. The zero-order chi connectivity index (χ0) is 8.93. The van der Waals surface area contributed by atoms with Gasteiger partial charge in [0.1, 0.15) is 0 Å². The highest BCUT2D eigenvalue weighted by molar-refractivity contribution is 4.73. The van der Waals surface area contributed by atoms with E-state index >= 15 is 0 Å². The summed E-state index contributed by atoms with van der Waals surface area (Å²) in [6, 6.07) is 0. The van der Waals surface area contributed by atoms with Gasteiger partial charge in [-0.15, -0.1) is 0 Å². The molecular weight excluding hydrogens is 158 g/mol. The van der Waals surface area contributed by atoms with Gasteiger partial charge in [0.05, 0.1) is 0 Å². The average molecular weight is 181 g/mol. The molecule has 0 aromatic carbocycles. The van der Waals surface area contributed by atoms with Crippen LogP contribution in [-0.4, -0.2) is 13.1 Å². The summed E-state index contributed by atoms with van der Waals surface area (Å²) in [5.41, 5.74) is 0. The molecule has 13 heavy (non-hydrogen) atoms. The Morgan fingerprint density at radius 1 is 0.923 bits per heavy atom. The van der Waals surface area contributed by atoms with Gasteiger partial charge in [-0.1, -0.05) is 25.7 Å². The Morgan fingerprint density at radius 3 is 2.38 bits per heavy atom. The predicted octanol–water partition coefficient (Wildman–Crippen LogP) is 2.96. The van der Waals surface area contributed by atoms with Crippen molar-refractivity contribution < 1.29 is 0 Å². The summed E-state index contributed by atoms with van der Waals surface area (Å²) in [4.78, 5) is 0. The van der Waals surface area contributed by atoms with Crippen LogP contribution in [0.1, 0.15) is 51.4 Å². The second-order valence-electron chi connectivity index (χ2n) is 4.94. The minimum atomic E-state index is 1.01. The van der Waals surface area contributed by atoms with Crippen LogP contribution in [0.25, 0.3) is 0 Å². The van der Waals surface area contributed by atoms with Gasteiger partial charge >= 0.3 is 0 Å². The largest absolute Gasteiger partial charge is 0.316 e. The molecule has 2 rings (SSSR count). The van der Waals surface area contributed by atoms with Crippen LogP contribution < -0.4 is 5.32 Å². The zero-order valence-electron chi connectivity index (χ0n) is 8.73. The molecule has 0 heterocycles. The average Bonchev–Trinajstić information content (AvgIpc) is 2.81. The summed E-state index contributed by atoms with van der Waals surface area (Å²) in [5.74, 6) is 2.13. The SMILES string of the molecule is C(CNCC1CCCC1)CC1CC1. The molecule has 2 aliphatic rings. The Morgan fingerprint density at radius 2 is 1.69 bits per heavy atom. The molecule has 2 fully saturated rings. The van der Waals surface area contributed by atoms with Gasteiger partial charge in [0, 0.05) is 0 Å². The molecule has 0 saturated heterocycles. The number of rotatable bonds is 6. The first-order valence-electron chi connectivity index (χ1n) is 6.16. The molecule has 0 amide bonds. The quantitative estimate of drug-likeness (QED) is 0.621. The van der Waals surface area contributed by atoms with E-state index in [1.807, 2.05) is 0 Å². The molecule has 0 aliphatic heterocycles. The number of nitrogens with one attached hydrogen (secondary N) is 1. The first-order valence-corrected chi connectivity index (χ1v) is 6.16. The normalized spacial score (nSPS) is 24.0. The van der Waals surface area contributed by atoms with Crippen LogP contribution in [0.3, 0.4) is 0 Å². The zero-order valence-corrected chi connectivity index (χ0v) is 8.73. The van der Waals surface area contributed by atoms with Gasteiger partial charge in [-0.2, -0.15) is 0 Å². The topological polar surface area (TPSA) is 12.0 Å². The molecule has 0 aromatic rings. The lowest BCUT2D eigenvalue weighted by molar-refractivity contribution is 0.478. The third kappa shape index (κ3) is 3.68. The molecule has 2 saturated carbocycles. The summed E-state index contributed by atoms with van der Waals surface area (Å²) in [6.45, 7) is 2.57. The molecule has 0 spiro atoms. The minimum absolute atomic E-state index is 1.01. The molecule has 0 aromatic heterocycles. The third-order valence-corrected chi connectivity index (χ3v) is 3.57. The lowest BCUT2D eigenvalue weighted by atomic mass is 10.1. The van der Waals surface area contributed by atoms with Gasteiger partial charge in [0.2, 0.25) is 0 Å². The smallest absolute Gasteiger partial charge is 0.00205 e. The van der Waals surface area contributed by atoms with Gasteiger partial charge in [-0.05, 0) is 50.6 Å². The summed E-state index contributed by atoms with van der Waals surface area (Å²) in [7, 11) is 0. The van der Waals surface area contributed by atoms with E-state index in [-0.39, 0.29) is 0 Å². The monoisotopic (exact) mass is 181 g/mol. The number of hydrogen-bond donors (Lipinski definition) is 1. The fraction of sp³-hybridized carbons (Fsp3) is 1.00. The van der Waals surface area contributed by atoms with E-state index < -0.39 is 0 Å². The second-order valence-corrected chi connectivity index (χ2v) is 4.94. The molecule has 2 aliphatic carbocycles. The van der Waals surface area contributed by atoms with Crippen molar-refractivity contribution in [2.75, 3.05) is 13.1 Å². The van der Waals surface area contributed by atoms with Crippen molar-refractivity contribution >= 4 is 0 Å². The lowest BCUT2D eigenvalue weighted by Gasteiger charge is -2.09. The van der Waals surface area contributed by atoms with Crippen LogP contribution in [-0.2, 0) is 0 Å². The van der Waals surface area contributed by atoms with Crippen LogP contribution >= 0.6 is 0 Å². The summed E-state index contributed by atoms with van der Waals surface area (Å²) in [6.07, 6.45) is 11.9. The standard InChI is InChI=1S/C12H23N/c1-2-5-12(4-1)10-13-9-3-6-11-7-8-11/h11-13H,1-10H2. The molecule has 76 valence electrons. The third-order valence-electron chi connectivity index (χ3n) is 3.57. The Hall–Kier alpha value is -0.0400. The highest BCUT2D eigenvalue weighted by Crippen LogP contribution is 2.33. The van der Waals surface area contributed by atoms with Crippen LogP contribution in [0.4, 0.5) is 0 Å². The molecule has 0 atom stereocenters. The maximum atomic E-state index is 3.61. The predicted molar refractivity (Wildman–Crippen MR) is 56.8 cm³/mol. The van der Waals surface area contributed by atoms with Gasteiger partial charge in [-0.25, -0.2) is 0 Å². The summed E-state index contributed by atoms with van der Waals surface area (Å²) in [5, 5.41) is 3.61. The van der Waals surface area contributed by atoms with E-state index in [1.54, 1.807) is 0 Å². The molecule has 0 bridgehead atoms. The van der Waals surface area contributed by atoms with Crippen LogP contribution in [0.15, 0.2) is 0 Å². The summed E-state index contributed by atoms with van der Waals surface area (Å²) >= 11 is 0. The molecule has 0 radical (unpaired) electrons. The molecule has 1 nitrogen and oxygen atoms in total. The Labute approximate surface area is 82.3 Å². The van der Waals surface area contributed by atoms with Crippen molar-refractivity contribution in [1.82, 2.24) is 5.32 Å². The van der Waals surface area contributed by atoms with Crippen molar-refractivity contribution in [3.63, 3.8) is 0 Å². The van der Waals surface area contributed by atoms with E-state index in [0.29, 0.717) is 0 Å². The van der Waals surface area contributed by atoms with E-state index in [1.165, 1.54) is 64.5 Å². The maximum Gasteiger partial charge on any atom is -0.00205 e. The van der Waals surface area contributed by atoms with Crippen LogP contribution in [0.2, 0.25) is 0 Å². The minimum Gasteiger partial charge on any atom is -0.316 e. The number of hydrogen-bond acceptors (Lipinski definition) is 1. The first kappa shape index (κ1) is 9.51.